The lowest BCUT2D eigenvalue weighted by Crippen LogP contribution is -2.50. The van der Waals surface area contributed by atoms with Crippen LogP contribution in [0.15, 0.2) is 60.8 Å². The van der Waals surface area contributed by atoms with E-state index in [4.69, 9.17) is 16.3 Å². The van der Waals surface area contributed by atoms with Crippen molar-refractivity contribution < 1.29 is 23.8 Å². The predicted molar refractivity (Wildman–Crippen MR) is 151 cm³/mol. The first kappa shape index (κ1) is 26.8. The summed E-state index contributed by atoms with van der Waals surface area (Å²) >= 11 is 6.07. The number of phenols is 1. The van der Waals surface area contributed by atoms with Crippen LogP contribution >= 0.6 is 11.6 Å². The summed E-state index contributed by atoms with van der Waals surface area (Å²) in [5, 5.41) is 13.3. The second-order valence-corrected chi connectivity index (χ2v) is 10.6. The van der Waals surface area contributed by atoms with E-state index in [0.29, 0.717) is 31.2 Å². The SMILES string of the molecule is Cn1c(N2CCC(=O)NC2=O)cnc1-c1ccc2c(c1)CN(Cc1ccc(OCc3c(F)cccc3Cl)cc1O)C2. The lowest BCUT2D eigenvalue weighted by Gasteiger charge is -2.26. The molecule has 0 bridgehead atoms. The Morgan fingerprint density at radius 3 is 2.71 bits per heavy atom. The zero-order valence-corrected chi connectivity index (χ0v) is 23.0. The van der Waals surface area contributed by atoms with E-state index in [2.05, 4.69) is 27.3 Å². The maximum absolute atomic E-state index is 14.0. The molecule has 1 saturated heterocycles. The molecule has 0 saturated carbocycles. The van der Waals surface area contributed by atoms with Gasteiger partial charge in [-0.1, -0.05) is 35.9 Å². The fourth-order valence-corrected chi connectivity index (χ4v) is 5.47. The Balaban J connectivity index is 1.12. The number of benzene rings is 3. The molecule has 3 aromatic carbocycles. The van der Waals surface area contributed by atoms with E-state index in [1.54, 1.807) is 18.3 Å². The molecule has 2 N–H and O–H groups in total. The van der Waals surface area contributed by atoms with Crippen LogP contribution in [0.2, 0.25) is 5.02 Å². The molecule has 0 unspecified atom stereocenters. The van der Waals surface area contributed by atoms with Crippen LogP contribution < -0.4 is 15.0 Å². The topological polar surface area (TPSA) is 99.9 Å². The van der Waals surface area contributed by atoms with Crippen LogP contribution in [0.1, 0.15) is 28.7 Å². The molecule has 210 valence electrons. The van der Waals surface area contributed by atoms with Crippen LogP contribution in [0.5, 0.6) is 11.5 Å². The lowest BCUT2D eigenvalue weighted by molar-refractivity contribution is -0.120. The summed E-state index contributed by atoms with van der Waals surface area (Å²) in [6, 6.07) is 15.3. The van der Waals surface area contributed by atoms with Crippen LogP contribution in [-0.4, -0.2) is 38.0 Å². The van der Waals surface area contributed by atoms with E-state index in [-0.39, 0.29) is 35.3 Å². The number of aromatic hydroxyl groups is 1. The first-order valence-corrected chi connectivity index (χ1v) is 13.5. The predicted octanol–water partition coefficient (Wildman–Crippen LogP) is 5.13. The largest absolute Gasteiger partial charge is 0.507 e. The highest BCUT2D eigenvalue weighted by molar-refractivity contribution is 6.31. The Morgan fingerprint density at radius 2 is 1.93 bits per heavy atom. The van der Waals surface area contributed by atoms with E-state index >= 15 is 0 Å². The van der Waals surface area contributed by atoms with E-state index in [0.717, 1.165) is 29.1 Å². The molecule has 2 aliphatic rings. The van der Waals surface area contributed by atoms with Gasteiger partial charge in [0.25, 0.3) is 0 Å². The third-order valence-corrected chi connectivity index (χ3v) is 7.80. The molecule has 3 amide bonds. The highest BCUT2D eigenvalue weighted by Gasteiger charge is 2.28. The van der Waals surface area contributed by atoms with Crippen molar-refractivity contribution in [2.45, 2.75) is 32.7 Å². The molecule has 4 aromatic rings. The molecular formula is C30H27ClFN5O4. The molecule has 11 heteroatoms. The van der Waals surface area contributed by atoms with Crippen molar-refractivity contribution in [2.75, 3.05) is 11.4 Å². The van der Waals surface area contributed by atoms with Gasteiger partial charge in [0.05, 0.1) is 11.2 Å². The summed E-state index contributed by atoms with van der Waals surface area (Å²) in [5.74, 6) is 1.14. The normalized spacial score (nSPS) is 15.2. The minimum Gasteiger partial charge on any atom is -0.507 e. The monoisotopic (exact) mass is 575 g/mol. The summed E-state index contributed by atoms with van der Waals surface area (Å²) in [7, 11) is 1.85. The summed E-state index contributed by atoms with van der Waals surface area (Å²) in [4.78, 5) is 32.1. The molecule has 1 fully saturated rings. The Morgan fingerprint density at radius 1 is 1.10 bits per heavy atom. The van der Waals surface area contributed by atoms with Gasteiger partial charge in [-0.2, -0.15) is 0 Å². The number of carbonyl (C=O) groups excluding carboxylic acids is 2. The molecule has 6 rings (SSSR count). The van der Waals surface area contributed by atoms with Gasteiger partial charge in [-0.15, -0.1) is 0 Å². The number of carbonyl (C=O) groups is 2. The van der Waals surface area contributed by atoms with Gasteiger partial charge < -0.3 is 14.4 Å². The highest BCUT2D eigenvalue weighted by atomic mass is 35.5. The smallest absolute Gasteiger partial charge is 0.329 e. The van der Waals surface area contributed by atoms with Crippen molar-refractivity contribution in [3.8, 4) is 22.9 Å². The molecule has 3 heterocycles. The van der Waals surface area contributed by atoms with Crippen LogP contribution in [0, 0.1) is 5.82 Å². The van der Waals surface area contributed by atoms with Gasteiger partial charge in [-0.25, -0.2) is 14.2 Å². The molecule has 9 nitrogen and oxygen atoms in total. The molecule has 0 atom stereocenters. The van der Waals surface area contributed by atoms with Gasteiger partial charge in [0, 0.05) is 62.4 Å². The van der Waals surface area contributed by atoms with Crippen molar-refractivity contribution in [1.29, 1.82) is 0 Å². The number of hydrogen-bond acceptors (Lipinski definition) is 6. The van der Waals surface area contributed by atoms with Gasteiger partial charge in [0.1, 0.15) is 35.6 Å². The number of halogens is 2. The number of imide groups is 1. The van der Waals surface area contributed by atoms with Gasteiger partial charge in [-0.05, 0) is 35.4 Å². The van der Waals surface area contributed by atoms with Gasteiger partial charge in [-0.3, -0.25) is 19.9 Å². The Kier molecular flexibility index (Phi) is 7.10. The number of imidazole rings is 1. The Bertz CT molecular complexity index is 1650. The van der Waals surface area contributed by atoms with Crippen molar-refractivity contribution >= 4 is 29.4 Å². The lowest BCUT2D eigenvalue weighted by atomic mass is 10.1. The minimum atomic E-state index is -0.447. The molecule has 0 radical (unpaired) electrons. The summed E-state index contributed by atoms with van der Waals surface area (Å²) in [5.41, 5.74) is 4.29. The molecule has 1 aromatic heterocycles. The van der Waals surface area contributed by atoms with Crippen LogP contribution in [0.25, 0.3) is 11.4 Å². The number of aromatic nitrogens is 2. The summed E-state index contributed by atoms with van der Waals surface area (Å²) in [6.45, 7) is 2.22. The third kappa shape index (κ3) is 5.36. The van der Waals surface area contributed by atoms with Crippen molar-refractivity contribution in [3.63, 3.8) is 0 Å². The summed E-state index contributed by atoms with van der Waals surface area (Å²) < 4.78 is 21.6. The van der Waals surface area contributed by atoms with Crippen molar-refractivity contribution in [1.82, 2.24) is 19.8 Å². The van der Waals surface area contributed by atoms with Crippen LogP contribution in [0.3, 0.4) is 0 Å². The first-order valence-electron chi connectivity index (χ1n) is 13.1. The maximum atomic E-state index is 14.0. The standard InChI is InChI=1S/C30H27ClFN5O4/c1-35-28(37-10-9-27(39)34-30(37)40)13-33-29(35)18-5-6-19-14-36(16-21(19)11-18)15-20-7-8-22(12-26(20)38)41-17-23-24(31)3-2-4-25(23)32/h2-8,11-13,38H,9-10,14-17H2,1H3,(H,34,39,40). The van der Waals surface area contributed by atoms with Crippen LogP contribution in [-0.2, 0) is 38.1 Å². The number of nitrogens with one attached hydrogen (secondary N) is 1. The third-order valence-electron chi connectivity index (χ3n) is 7.44. The second kappa shape index (κ2) is 10.9. The molecule has 41 heavy (non-hydrogen) atoms. The van der Waals surface area contributed by atoms with E-state index < -0.39 is 11.8 Å². The number of hydrogen-bond donors (Lipinski definition) is 2. The number of nitrogens with zero attached hydrogens (tertiary/aromatic N) is 4. The molecular weight excluding hydrogens is 549 g/mol. The second-order valence-electron chi connectivity index (χ2n) is 10.2. The van der Waals surface area contributed by atoms with E-state index in [1.807, 2.05) is 23.7 Å². The number of anilines is 1. The fourth-order valence-electron chi connectivity index (χ4n) is 5.25. The number of rotatable bonds is 7. The number of amides is 3. The zero-order valence-electron chi connectivity index (χ0n) is 22.2. The van der Waals surface area contributed by atoms with E-state index in [1.165, 1.54) is 28.7 Å². The van der Waals surface area contributed by atoms with Gasteiger partial charge >= 0.3 is 6.03 Å². The maximum Gasteiger partial charge on any atom is 0.329 e. The van der Waals surface area contributed by atoms with Gasteiger partial charge in [0.15, 0.2) is 0 Å². The number of phenolic OH excluding ortho intramolecular Hbond substituents is 1. The zero-order chi connectivity index (χ0) is 28.7. The average molecular weight is 576 g/mol. The minimum absolute atomic E-state index is 0.0452. The number of ether oxygens (including phenoxy) is 1. The van der Waals surface area contributed by atoms with Crippen LogP contribution in [0.4, 0.5) is 15.0 Å². The number of fused-ring (bicyclic) bond motifs is 1. The van der Waals surface area contributed by atoms with Crippen molar-refractivity contribution in [3.05, 3.63) is 93.9 Å². The van der Waals surface area contributed by atoms with Gasteiger partial charge in [0.2, 0.25) is 5.91 Å². The first-order chi connectivity index (χ1) is 19.8. The van der Waals surface area contributed by atoms with Crippen molar-refractivity contribution in [2.24, 2.45) is 7.05 Å². The fraction of sp³-hybridized carbons (Fsp3) is 0.233. The summed E-state index contributed by atoms with van der Waals surface area (Å²) in [6.07, 6.45) is 1.89. The Labute approximate surface area is 240 Å². The molecule has 0 aliphatic carbocycles. The highest BCUT2D eigenvalue weighted by Crippen LogP contribution is 2.33. The molecule has 2 aliphatic heterocycles. The molecule has 0 spiro atoms. The number of urea groups is 1. The van der Waals surface area contributed by atoms with E-state index in [9.17, 15) is 19.1 Å². The average Bonchev–Trinajstić information content (AvgIpc) is 3.52. The Hall–Kier alpha value is -4.41. The quantitative estimate of drug-likeness (QED) is 0.317.